The normalized spacial score (nSPS) is 24.9. The van der Waals surface area contributed by atoms with Gasteiger partial charge in [0.1, 0.15) is 6.11 Å². The SMILES string of the molecule is CC1C#COC(=O)/C=C\C(=O)O1. The second-order valence-corrected chi connectivity index (χ2v) is 2.08. The lowest BCUT2D eigenvalue weighted by atomic mass is 10.4. The Morgan fingerprint density at radius 3 is 2.75 bits per heavy atom. The number of cyclic esters (lactones) is 2. The van der Waals surface area contributed by atoms with E-state index in [4.69, 9.17) is 0 Å². The second-order valence-electron chi connectivity index (χ2n) is 2.08. The standard InChI is InChI=1S/C8H6O4/c1-6-4-5-11-7(9)2-3-8(10)12-6/h2-3,6H,1H3/b3-2-. The minimum Gasteiger partial charge on any atom is -0.446 e. The van der Waals surface area contributed by atoms with Crippen molar-refractivity contribution in [2.45, 2.75) is 13.0 Å². The van der Waals surface area contributed by atoms with Crippen molar-refractivity contribution in [2.75, 3.05) is 0 Å². The molecule has 1 heterocycles. The molecular weight excluding hydrogens is 160 g/mol. The molecule has 1 aliphatic heterocycles. The van der Waals surface area contributed by atoms with Gasteiger partial charge in [-0.2, -0.15) is 0 Å². The minimum atomic E-state index is -0.673. The highest BCUT2D eigenvalue weighted by molar-refractivity contribution is 5.92. The van der Waals surface area contributed by atoms with E-state index in [1.54, 1.807) is 6.92 Å². The molecule has 0 spiro atoms. The zero-order valence-electron chi connectivity index (χ0n) is 6.37. The molecule has 0 N–H and O–H groups in total. The molecule has 0 aromatic rings. The summed E-state index contributed by atoms with van der Waals surface area (Å²) < 4.78 is 9.05. The van der Waals surface area contributed by atoms with Crippen molar-refractivity contribution in [1.82, 2.24) is 0 Å². The maximum absolute atomic E-state index is 10.8. The Kier molecular flexibility index (Phi) is 2.49. The van der Waals surface area contributed by atoms with Gasteiger partial charge in [-0.05, 0) is 12.8 Å². The fourth-order valence-corrected chi connectivity index (χ4v) is 0.576. The van der Waals surface area contributed by atoms with Crippen molar-refractivity contribution in [3.05, 3.63) is 12.2 Å². The van der Waals surface area contributed by atoms with Gasteiger partial charge in [0.15, 0.2) is 6.10 Å². The van der Waals surface area contributed by atoms with Gasteiger partial charge in [-0.25, -0.2) is 9.59 Å². The fourth-order valence-electron chi connectivity index (χ4n) is 0.576. The second kappa shape index (κ2) is 3.58. The van der Waals surface area contributed by atoms with E-state index < -0.39 is 18.0 Å². The summed E-state index contributed by atoms with van der Waals surface area (Å²) in [6.07, 6.45) is 3.52. The van der Waals surface area contributed by atoms with Gasteiger partial charge in [-0.3, -0.25) is 0 Å². The fraction of sp³-hybridized carbons (Fsp3) is 0.250. The van der Waals surface area contributed by atoms with Gasteiger partial charge >= 0.3 is 11.9 Å². The van der Waals surface area contributed by atoms with Crippen molar-refractivity contribution < 1.29 is 19.1 Å². The average molecular weight is 166 g/mol. The summed E-state index contributed by atoms with van der Waals surface area (Å²) in [5.41, 5.74) is 0. The van der Waals surface area contributed by atoms with Crippen molar-refractivity contribution in [2.24, 2.45) is 0 Å². The van der Waals surface area contributed by atoms with Gasteiger partial charge in [0.25, 0.3) is 0 Å². The van der Waals surface area contributed by atoms with Crippen LogP contribution >= 0.6 is 0 Å². The van der Waals surface area contributed by atoms with Crippen molar-refractivity contribution in [3.63, 3.8) is 0 Å². The van der Waals surface area contributed by atoms with Crippen LogP contribution in [0.15, 0.2) is 12.2 Å². The van der Waals surface area contributed by atoms with E-state index in [1.165, 1.54) is 0 Å². The molecule has 0 aliphatic carbocycles. The summed E-state index contributed by atoms with van der Waals surface area (Å²) in [4.78, 5) is 21.4. The third kappa shape index (κ3) is 2.46. The summed E-state index contributed by atoms with van der Waals surface area (Å²) in [5, 5.41) is 0. The number of carbonyl (C=O) groups is 2. The Morgan fingerprint density at radius 2 is 2.00 bits per heavy atom. The Labute approximate surface area is 69.1 Å². The van der Waals surface area contributed by atoms with E-state index in [0.29, 0.717) is 0 Å². The first-order valence-corrected chi connectivity index (χ1v) is 3.28. The van der Waals surface area contributed by atoms with Crippen molar-refractivity contribution >= 4 is 11.9 Å². The molecule has 1 rings (SSSR count). The smallest absolute Gasteiger partial charge is 0.344 e. The molecule has 12 heavy (non-hydrogen) atoms. The molecule has 0 radical (unpaired) electrons. The highest BCUT2D eigenvalue weighted by Crippen LogP contribution is 1.94. The van der Waals surface area contributed by atoms with Gasteiger partial charge < -0.3 is 9.47 Å². The molecule has 0 amide bonds. The van der Waals surface area contributed by atoms with E-state index in [1.807, 2.05) is 0 Å². The molecule has 4 nitrogen and oxygen atoms in total. The van der Waals surface area contributed by atoms with E-state index in [-0.39, 0.29) is 0 Å². The maximum atomic E-state index is 10.8. The topological polar surface area (TPSA) is 52.6 Å². The molecule has 0 saturated carbocycles. The molecule has 0 aromatic heterocycles. The number of rotatable bonds is 0. The van der Waals surface area contributed by atoms with Crippen LogP contribution in [0.25, 0.3) is 0 Å². The molecule has 0 aromatic carbocycles. The molecule has 1 unspecified atom stereocenters. The van der Waals surface area contributed by atoms with E-state index in [0.717, 1.165) is 12.2 Å². The zero-order chi connectivity index (χ0) is 8.97. The van der Waals surface area contributed by atoms with Gasteiger partial charge in [0.2, 0.25) is 0 Å². The first-order valence-electron chi connectivity index (χ1n) is 3.28. The summed E-state index contributed by atoms with van der Waals surface area (Å²) in [6.45, 7) is 1.58. The molecule has 1 aliphatic rings. The number of ether oxygens (including phenoxy) is 2. The number of hydrogen-bond donors (Lipinski definition) is 0. The lowest BCUT2D eigenvalue weighted by Crippen LogP contribution is -2.10. The third-order valence-electron chi connectivity index (χ3n) is 1.06. The highest BCUT2D eigenvalue weighted by atomic mass is 16.5. The quantitative estimate of drug-likeness (QED) is 0.375. The van der Waals surface area contributed by atoms with Crippen LogP contribution in [-0.2, 0) is 19.1 Å². The molecular formula is C8H6O4. The third-order valence-corrected chi connectivity index (χ3v) is 1.06. The molecule has 0 fully saturated rings. The van der Waals surface area contributed by atoms with Crippen LogP contribution in [-0.4, -0.2) is 18.0 Å². The minimum absolute atomic E-state index is 0.562. The van der Waals surface area contributed by atoms with E-state index in [2.05, 4.69) is 21.5 Å². The Morgan fingerprint density at radius 1 is 1.33 bits per heavy atom. The van der Waals surface area contributed by atoms with Crippen molar-refractivity contribution in [3.8, 4) is 12.0 Å². The van der Waals surface area contributed by atoms with Crippen LogP contribution < -0.4 is 0 Å². The number of carbonyl (C=O) groups excluding carboxylic acids is 2. The van der Waals surface area contributed by atoms with Crippen LogP contribution in [0.4, 0.5) is 0 Å². The zero-order valence-corrected chi connectivity index (χ0v) is 6.37. The first-order chi connectivity index (χ1) is 5.68. The van der Waals surface area contributed by atoms with Crippen LogP contribution in [0.5, 0.6) is 0 Å². The predicted molar refractivity (Wildman–Crippen MR) is 38.6 cm³/mol. The van der Waals surface area contributed by atoms with E-state index in [9.17, 15) is 9.59 Å². The number of hydrogen-bond acceptors (Lipinski definition) is 4. The van der Waals surface area contributed by atoms with Crippen LogP contribution in [0.3, 0.4) is 0 Å². The number of esters is 2. The predicted octanol–water partition coefficient (Wildman–Crippen LogP) is -0.00800. The first kappa shape index (κ1) is 8.34. The van der Waals surface area contributed by atoms with Gasteiger partial charge in [-0.15, -0.1) is 0 Å². The largest absolute Gasteiger partial charge is 0.446 e. The lowest BCUT2D eigenvalue weighted by Gasteiger charge is -2.01. The van der Waals surface area contributed by atoms with Gasteiger partial charge in [0, 0.05) is 12.2 Å². The molecule has 62 valence electrons. The monoisotopic (exact) mass is 166 g/mol. The van der Waals surface area contributed by atoms with Crippen LogP contribution in [0, 0.1) is 12.0 Å². The summed E-state index contributed by atoms with van der Waals surface area (Å²) in [5.74, 6) is 1.14. The molecule has 1 atom stereocenters. The summed E-state index contributed by atoms with van der Waals surface area (Å²) in [7, 11) is 0. The molecule has 0 bridgehead atoms. The lowest BCUT2D eigenvalue weighted by molar-refractivity contribution is -0.140. The van der Waals surface area contributed by atoms with Gasteiger partial charge in [0.05, 0.1) is 0 Å². The summed E-state index contributed by atoms with van der Waals surface area (Å²) >= 11 is 0. The Balaban J connectivity index is 2.79. The molecule has 4 heteroatoms. The Bertz CT molecular complexity index is 292. The van der Waals surface area contributed by atoms with Crippen LogP contribution in [0.1, 0.15) is 6.92 Å². The Hall–Kier alpha value is -1.76. The van der Waals surface area contributed by atoms with Crippen molar-refractivity contribution in [1.29, 1.82) is 0 Å². The van der Waals surface area contributed by atoms with Gasteiger partial charge in [-0.1, -0.05) is 0 Å². The average Bonchev–Trinajstić information content (AvgIpc) is 2.05. The summed E-state index contributed by atoms with van der Waals surface area (Å²) in [6, 6.07) is 0. The maximum Gasteiger partial charge on any atom is 0.344 e. The van der Waals surface area contributed by atoms with E-state index >= 15 is 0 Å². The highest BCUT2D eigenvalue weighted by Gasteiger charge is 2.06. The van der Waals surface area contributed by atoms with Crippen LogP contribution in [0.2, 0.25) is 0 Å². The molecule has 0 saturated heterocycles.